The molecule has 0 saturated heterocycles. The molecule has 0 spiro atoms. The lowest BCUT2D eigenvalue weighted by atomic mass is 10.2. The number of benzene rings is 2. The molecular formula is C16H20FNSi. The Kier molecular flexibility index (Phi) is 3.76. The second-order valence-electron chi connectivity index (χ2n) is 5.83. The number of nitrogens with zero attached hydrogens (tertiary/aromatic N) is 1. The van der Waals surface area contributed by atoms with Crippen molar-refractivity contribution < 1.29 is 4.39 Å². The predicted molar refractivity (Wildman–Crippen MR) is 83.9 cm³/mol. The predicted octanol–water partition coefficient (Wildman–Crippen LogP) is 4.14. The zero-order valence-corrected chi connectivity index (χ0v) is 12.9. The Morgan fingerprint density at radius 3 is 1.63 bits per heavy atom. The molecule has 19 heavy (non-hydrogen) atoms. The molecule has 0 amide bonds. The minimum Gasteiger partial charge on any atom is -0.345 e. The van der Waals surface area contributed by atoms with Gasteiger partial charge in [-0.15, -0.1) is 0 Å². The van der Waals surface area contributed by atoms with E-state index in [1.165, 1.54) is 17.3 Å². The van der Waals surface area contributed by atoms with E-state index in [1.807, 2.05) is 7.05 Å². The number of anilines is 2. The van der Waals surface area contributed by atoms with E-state index in [0.717, 1.165) is 11.4 Å². The summed E-state index contributed by atoms with van der Waals surface area (Å²) < 4.78 is 12.9. The Bertz CT molecular complexity index is 540. The average Bonchev–Trinajstić information content (AvgIpc) is 2.38. The third-order valence-corrected chi connectivity index (χ3v) is 5.40. The molecule has 0 unspecified atom stereocenters. The van der Waals surface area contributed by atoms with Gasteiger partial charge in [-0.25, -0.2) is 4.39 Å². The van der Waals surface area contributed by atoms with Crippen LogP contribution in [-0.2, 0) is 0 Å². The van der Waals surface area contributed by atoms with Crippen LogP contribution in [0.25, 0.3) is 0 Å². The molecule has 0 saturated carbocycles. The molecular weight excluding hydrogens is 253 g/mol. The summed E-state index contributed by atoms with van der Waals surface area (Å²) in [6, 6.07) is 15.3. The van der Waals surface area contributed by atoms with Gasteiger partial charge in [0.1, 0.15) is 5.82 Å². The van der Waals surface area contributed by atoms with Gasteiger partial charge in [-0.05, 0) is 36.4 Å². The summed E-state index contributed by atoms with van der Waals surface area (Å²) in [6.45, 7) is 7.02. The third kappa shape index (κ3) is 3.23. The molecule has 2 aromatic carbocycles. The zero-order valence-electron chi connectivity index (χ0n) is 11.9. The second-order valence-corrected chi connectivity index (χ2v) is 10.9. The minimum absolute atomic E-state index is 0.203. The first kappa shape index (κ1) is 13.8. The molecule has 0 fully saturated rings. The lowest BCUT2D eigenvalue weighted by Gasteiger charge is -2.22. The molecule has 0 aliphatic rings. The highest BCUT2D eigenvalue weighted by Gasteiger charge is 2.16. The Balaban J connectivity index is 2.25. The van der Waals surface area contributed by atoms with Crippen LogP contribution in [0.15, 0.2) is 48.5 Å². The van der Waals surface area contributed by atoms with Crippen molar-refractivity contribution in [1.82, 2.24) is 0 Å². The fourth-order valence-electron chi connectivity index (χ4n) is 2.00. The van der Waals surface area contributed by atoms with Gasteiger partial charge in [-0.1, -0.05) is 37.0 Å². The first-order valence-electron chi connectivity index (χ1n) is 6.48. The van der Waals surface area contributed by atoms with Crippen molar-refractivity contribution in [2.24, 2.45) is 0 Å². The fraction of sp³-hybridized carbons (Fsp3) is 0.250. The number of rotatable bonds is 3. The molecule has 0 bridgehead atoms. The average molecular weight is 273 g/mol. The van der Waals surface area contributed by atoms with E-state index in [9.17, 15) is 4.39 Å². The highest BCUT2D eigenvalue weighted by Crippen LogP contribution is 2.23. The third-order valence-electron chi connectivity index (χ3n) is 3.33. The van der Waals surface area contributed by atoms with Crippen LogP contribution >= 0.6 is 0 Å². The Morgan fingerprint density at radius 1 is 0.789 bits per heavy atom. The fourth-order valence-corrected chi connectivity index (χ4v) is 3.17. The smallest absolute Gasteiger partial charge is 0.123 e. The van der Waals surface area contributed by atoms with E-state index in [-0.39, 0.29) is 5.82 Å². The Morgan fingerprint density at radius 2 is 1.21 bits per heavy atom. The molecule has 2 aromatic rings. The number of halogens is 1. The van der Waals surface area contributed by atoms with Crippen molar-refractivity contribution in [3.63, 3.8) is 0 Å². The quantitative estimate of drug-likeness (QED) is 0.760. The molecule has 0 aliphatic carbocycles. The van der Waals surface area contributed by atoms with E-state index in [0.29, 0.717) is 0 Å². The molecule has 0 radical (unpaired) electrons. The maximum Gasteiger partial charge on any atom is 0.123 e. The summed E-state index contributed by atoms with van der Waals surface area (Å²) in [4.78, 5) is 2.06. The van der Waals surface area contributed by atoms with E-state index in [1.54, 1.807) is 12.1 Å². The van der Waals surface area contributed by atoms with Crippen LogP contribution in [-0.4, -0.2) is 15.1 Å². The van der Waals surface area contributed by atoms with Crippen LogP contribution in [0.1, 0.15) is 0 Å². The van der Waals surface area contributed by atoms with Crippen LogP contribution in [0.2, 0.25) is 19.6 Å². The monoisotopic (exact) mass is 273 g/mol. The normalized spacial score (nSPS) is 11.4. The molecule has 0 aromatic heterocycles. The lowest BCUT2D eigenvalue weighted by Crippen LogP contribution is -2.37. The minimum atomic E-state index is -1.25. The molecule has 0 atom stereocenters. The van der Waals surface area contributed by atoms with Crippen LogP contribution < -0.4 is 10.1 Å². The molecule has 0 heterocycles. The summed E-state index contributed by atoms with van der Waals surface area (Å²) in [6.07, 6.45) is 0. The van der Waals surface area contributed by atoms with E-state index in [2.05, 4.69) is 48.8 Å². The molecule has 3 heteroatoms. The second kappa shape index (κ2) is 5.17. The first-order valence-corrected chi connectivity index (χ1v) is 9.98. The summed E-state index contributed by atoms with van der Waals surface area (Å²) in [5, 5.41) is 1.45. The van der Waals surface area contributed by atoms with Gasteiger partial charge in [0.25, 0.3) is 0 Å². The van der Waals surface area contributed by atoms with Crippen LogP contribution in [0.3, 0.4) is 0 Å². The Hall–Kier alpha value is -1.61. The van der Waals surface area contributed by atoms with Crippen molar-refractivity contribution in [2.45, 2.75) is 19.6 Å². The molecule has 2 rings (SSSR count). The summed E-state index contributed by atoms with van der Waals surface area (Å²) in [5.74, 6) is -0.203. The van der Waals surface area contributed by atoms with Gasteiger partial charge in [0.15, 0.2) is 0 Å². The van der Waals surface area contributed by atoms with Crippen molar-refractivity contribution in [2.75, 3.05) is 11.9 Å². The van der Waals surface area contributed by atoms with Crippen molar-refractivity contribution in [3.05, 3.63) is 54.3 Å². The van der Waals surface area contributed by atoms with Gasteiger partial charge >= 0.3 is 0 Å². The Labute approximate surface area is 115 Å². The van der Waals surface area contributed by atoms with Gasteiger partial charge in [0, 0.05) is 18.4 Å². The van der Waals surface area contributed by atoms with Gasteiger partial charge < -0.3 is 4.90 Å². The van der Waals surface area contributed by atoms with E-state index < -0.39 is 8.07 Å². The molecule has 0 aliphatic heterocycles. The van der Waals surface area contributed by atoms with Gasteiger partial charge in [0.05, 0.1) is 8.07 Å². The number of hydrogen-bond acceptors (Lipinski definition) is 1. The lowest BCUT2D eigenvalue weighted by molar-refractivity contribution is 0.628. The van der Waals surface area contributed by atoms with E-state index in [4.69, 9.17) is 0 Å². The highest BCUT2D eigenvalue weighted by molar-refractivity contribution is 6.88. The maximum absolute atomic E-state index is 12.9. The van der Waals surface area contributed by atoms with Crippen LogP contribution in [0.5, 0.6) is 0 Å². The topological polar surface area (TPSA) is 3.24 Å². The van der Waals surface area contributed by atoms with Crippen molar-refractivity contribution in [1.29, 1.82) is 0 Å². The van der Waals surface area contributed by atoms with Crippen molar-refractivity contribution >= 4 is 24.6 Å². The zero-order chi connectivity index (χ0) is 14.0. The highest BCUT2D eigenvalue weighted by atomic mass is 28.3. The molecule has 0 N–H and O–H groups in total. The van der Waals surface area contributed by atoms with Gasteiger partial charge in [0.2, 0.25) is 0 Å². The number of hydrogen-bond donors (Lipinski definition) is 0. The SMILES string of the molecule is CN(c1ccc(F)cc1)c1ccc([Si](C)(C)C)cc1. The van der Waals surface area contributed by atoms with Gasteiger partial charge in [-0.3, -0.25) is 0 Å². The maximum atomic E-state index is 12.9. The van der Waals surface area contributed by atoms with Crippen LogP contribution in [0.4, 0.5) is 15.8 Å². The summed E-state index contributed by atoms with van der Waals surface area (Å²) in [7, 11) is 0.751. The summed E-state index contributed by atoms with van der Waals surface area (Å²) >= 11 is 0. The van der Waals surface area contributed by atoms with Gasteiger partial charge in [-0.2, -0.15) is 0 Å². The summed E-state index contributed by atoms with van der Waals surface area (Å²) in [5.41, 5.74) is 2.11. The van der Waals surface area contributed by atoms with Crippen LogP contribution in [0, 0.1) is 5.82 Å². The van der Waals surface area contributed by atoms with E-state index >= 15 is 0 Å². The molecule has 1 nitrogen and oxygen atoms in total. The largest absolute Gasteiger partial charge is 0.345 e. The standard InChI is InChI=1S/C16H20FNSi/c1-18(14-7-5-13(17)6-8-14)15-9-11-16(12-10-15)19(2,3)4/h5-12H,1-4H3. The molecule has 100 valence electrons. The first-order chi connectivity index (χ1) is 8.88. The van der Waals surface area contributed by atoms with Crippen molar-refractivity contribution in [3.8, 4) is 0 Å².